The third-order valence-electron chi connectivity index (χ3n) is 2.87. The first-order chi connectivity index (χ1) is 10.2. The molecule has 6 heteroatoms. The van der Waals surface area contributed by atoms with E-state index in [1.807, 2.05) is 12.1 Å². The molecule has 0 bridgehead atoms. The molecule has 1 rings (SSSR count). The number of hydrogen-bond acceptors (Lipinski definition) is 6. The fraction of sp³-hybridized carbons (Fsp3) is 0.667. The van der Waals surface area contributed by atoms with Crippen LogP contribution in [0.2, 0.25) is 0 Å². The molecular weight excluding hydrogens is 270 g/mol. The van der Waals surface area contributed by atoms with Crippen LogP contribution in [0.1, 0.15) is 26.7 Å². The summed E-state index contributed by atoms with van der Waals surface area (Å²) < 4.78 is 10.7. The van der Waals surface area contributed by atoms with Gasteiger partial charge in [0.1, 0.15) is 12.4 Å². The van der Waals surface area contributed by atoms with E-state index in [2.05, 4.69) is 23.7 Å². The number of aliphatic hydroxyl groups is 1. The molecule has 0 saturated carbocycles. The van der Waals surface area contributed by atoms with E-state index < -0.39 is 0 Å². The molecule has 0 aromatic carbocycles. The molecule has 0 fully saturated rings. The highest BCUT2D eigenvalue weighted by molar-refractivity contribution is 5.55. The molecule has 3 N–H and O–H groups in total. The largest absolute Gasteiger partial charge is 0.475 e. The lowest BCUT2D eigenvalue weighted by atomic mass is 10.3. The first kappa shape index (κ1) is 17.5. The Hall–Kier alpha value is -1.53. The molecule has 6 nitrogen and oxygen atoms in total. The lowest BCUT2D eigenvalue weighted by Gasteiger charge is -2.24. The predicted molar refractivity (Wildman–Crippen MR) is 84.8 cm³/mol. The Morgan fingerprint density at radius 1 is 1.14 bits per heavy atom. The number of nitrogen functional groups attached to an aromatic ring is 1. The van der Waals surface area contributed by atoms with Crippen LogP contribution in [-0.2, 0) is 4.74 Å². The summed E-state index contributed by atoms with van der Waals surface area (Å²) in [6, 6.07) is 3.79. The third kappa shape index (κ3) is 6.64. The second kappa shape index (κ2) is 10.2. The molecule has 0 radical (unpaired) electrons. The fourth-order valence-corrected chi connectivity index (χ4v) is 2.05. The van der Waals surface area contributed by atoms with Gasteiger partial charge >= 0.3 is 0 Å². The minimum Gasteiger partial charge on any atom is -0.475 e. The summed E-state index contributed by atoms with van der Waals surface area (Å²) in [5.74, 6) is 0.964. The number of pyridine rings is 1. The van der Waals surface area contributed by atoms with Crippen molar-refractivity contribution >= 4 is 11.5 Å². The van der Waals surface area contributed by atoms with Gasteiger partial charge in [-0.3, -0.25) is 0 Å². The second-order valence-electron chi connectivity index (χ2n) is 4.76. The molecule has 1 aromatic rings. The lowest BCUT2D eigenvalue weighted by molar-refractivity contribution is 0.0695. The van der Waals surface area contributed by atoms with E-state index in [9.17, 15) is 0 Å². The zero-order valence-corrected chi connectivity index (χ0v) is 13.0. The molecule has 0 aliphatic rings. The number of nitrogens with two attached hydrogens (primary N) is 1. The quantitative estimate of drug-likeness (QED) is 0.605. The summed E-state index contributed by atoms with van der Waals surface area (Å²) >= 11 is 0. The van der Waals surface area contributed by atoms with Crippen molar-refractivity contribution in [3.8, 4) is 5.88 Å². The van der Waals surface area contributed by atoms with Crippen molar-refractivity contribution < 1.29 is 14.6 Å². The van der Waals surface area contributed by atoms with E-state index in [1.165, 1.54) is 0 Å². The molecule has 0 atom stereocenters. The molecule has 1 heterocycles. The van der Waals surface area contributed by atoms with Crippen LogP contribution >= 0.6 is 0 Å². The monoisotopic (exact) mass is 297 g/mol. The van der Waals surface area contributed by atoms with Crippen LogP contribution in [0.25, 0.3) is 0 Å². The highest BCUT2D eigenvalue weighted by Crippen LogP contribution is 2.23. The van der Waals surface area contributed by atoms with E-state index >= 15 is 0 Å². The van der Waals surface area contributed by atoms with Crippen LogP contribution in [-0.4, -0.2) is 49.6 Å². The SMILES string of the molecule is CCCN(CCC)c1cc(N)nc(OCCOCCO)c1. The Morgan fingerprint density at radius 3 is 2.48 bits per heavy atom. The first-order valence-electron chi connectivity index (χ1n) is 7.55. The number of aromatic nitrogens is 1. The van der Waals surface area contributed by atoms with E-state index in [1.54, 1.807) is 0 Å². The maximum atomic E-state index is 8.62. The van der Waals surface area contributed by atoms with Gasteiger partial charge in [-0.05, 0) is 12.8 Å². The standard InChI is InChI=1S/C15H27N3O3/c1-3-5-18(6-4-2)13-11-14(16)17-15(12-13)21-10-9-20-8-7-19/h11-12,19H,3-10H2,1-2H3,(H2,16,17). The van der Waals surface area contributed by atoms with E-state index in [-0.39, 0.29) is 6.61 Å². The van der Waals surface area contributed by atoms with Crippen LogP contribution in [0.3, 0.4) is 0 Å². The highest BCUT2D eigenvalue weighted by atomic mass is 16.5. The van der Waals surface area contributed by atoms with Crippen molar-refractivity contribution in [2.45, 2.75) is 26.7 Å². The molecule has 21 heavy (non-hydrogen) atoms. The Morgan fingerprint density at radius 2 is 1.86 bits per heavy atom. The van der Waals surface area contributed by atoms with Crippen molar-refractivity contribution in [1.29, 1.82) is 0 Å². The minimum absolute atomic E-state index is 0.0175. The van der Waals surface area contributed by atoms with Crippen molar-refractivity contribution in [3.05, 3.63) is 12.1 Å². The second-order valence-corrected chi connectivity index (χ2v) is 4.76. The van der Waals surface area contributed by atoms with Gasteiger partial charge in [-0.15, -0.1) is 0 Å². The van der Waals surface area contributed by atoms with Gasteiger partial charge in [0.05, 0.1) is 19.8 Å². The number of ether oxygens (including phenoxy) is 2. The zero-order valence-electron chi connectivity index (χ0n) is 13.0. The molecule has 0 amide bonds. The summed E-state index contributed by atoms with van der Waals surface area (Å²) in [4.78, 5) is 6.46. The van der Waals surface area contributed by atoms with Crippen LogP contribution < -0.4 is 15.4 Å². The van der Waals surface area contributed by atoms with Crippen molar-refractivity contribution in [2.75, 3.05) is 50.2 Å². The van der Waals surface area contributed by atoms with Gasteiger partial charge in [0, 0.05) is 30.9 Å². The van der Waals surface area contributed by atoms with Gasteiger partial charge in [-0.1, -0.05) is 13.8 Å². The van der Waals surface area contributed by atoms with Gasteiger partial charge in [0.15, 0.2) is 0 Å². The van der Waals surface area contributed by atoms with Crippen LogP contribution in [0.5, 0.6) is 5.88 Å². The summed E-state index contributed by atoms with van der Waals surface area (Å²) in [5.41, 5.74) is 6.90. The van der Waals surface area contributed by atoms with Crippen molar-refractivity contribution in [3.63, 3.8) is 0 Å². The normalized spacial score (nSPS) is 10.6. The maximum absolute atomic E-state index is 8.62. The Kier molecular flexibility index (Phi) is 8.54. The van der Waals surface area contributed by atoms with Gasteiger partial charge in [-0.2, -0.15) is 4.98 Å². The summed E-state index contributed by atoms with van der Waals surface area (Å²) in [5, 5.41) is 8.62. The smallest absolute Gasteiger partial charge is 0.217 e. The number of rotatable bonds is 11. The molecule has 0 aliphatic heterocycles. The molecule has 1 aromatic heterocycles. The maximum Gasteiger partial charge on any atom is 0.217 e. The highest BCUT2D eigenvalue weighted by Gasteiger charge is 2.08. The first-order valence-corrected chi connectivity index (χ1v) is 7.55. The zero-order chi connectivity index (χ0) is 15.5. The summed E-state index contributed by atoms with van der Waals surface area (Å²) in [7, 11) is 0. The fourth-order valence-electron chi connectivity index (χ4n) is 2.05. The average Bonchev–Trinajstić information content (AvgIpc) is 2.46. The van der Waals surface area contributed by atoms with Gasteiger partial charge < -0.3 is 25.2 Å². The molecule has 0 spiro atoms. The van der Waals surface area contributed by atoms with Gasteiger partial charge in [0.25, 0.3) is 0 Å². The van der Waals surface area contributed by atoms with Crippen LogP contribution in [0, 0.1) is 0 Å². The minimum atomic E-state index is 0.0175. The number of hydrogen-bond donors (Lipinski definition) is 2. The van der Waals surface area contributed by atoms with E-state index in [4.69, 9.17) is 20.3 Å². The van der Waals surface area contributed by atoms with Gasteiger partial charge in [0.2, 0.25) is 5.88 Å². The van der Waals surface area contributed by atoms with Crippen molar-refractivity contribution in [2.24, 2.45) is 0 Å². The molecule has 0 aliphatic carbocycles. The van der Waals surface area contributed by atoms with Crippen LogP contribution in [0.15, 0.2) is 12.1 Å². The molecule has 0 unspecified atom stereocenters. The topological polar surface area (TPSA) is 80.8 Å². The average molecular weight is 297 g/mol. The number of aliphatic hydroxyl groups excluding tert-OH is 1. The van der Waals surface area contributed by atoms with Gasteiger partial charge in [-0.25, -0.2) is 0 Å². The predicted octanol–water partition coefficient (Wildman–Crippen LogP) is 1.68. The van der Waals surface area contributed by atoms with Crippen molar-refractivity contribution in [1.82, 2.24) is 4.98 Å². The van der Waals surface area contributed by atoms with E-state index in [0.29, 0.717) is 31.5 Å². The molecule has 120 valence electrons. The van der Waals surface area contributed by atoms with E-state index in [0.717, 1.165) is 31.6 Å². The summed E-state index contributed by atoms with van der Waals surface area (Å²) in [6.07, 6.45) is 2.15. The Balaban J connectivity index is 2.64. The van der Waals surface area contributed by atoms with Crippen LogP contribution in [0.4, 0.5) is 11.5 Å². The Bertz CT molecular complexity index is 396. The number of nitrogens with zero attached hydrogens (tertiary/aromatic N) is 2. The summed E-state index contributed by atoms with van der Waals surface area (Å²) in [6.45, 7) is 7.42. The Labute approximate surface area is 126 Å². The number of anilines is 2. The lowest BCUT2D eigenvalue weighted by Crippen LogP contribution is -2.25. The third-order valence-corrected chi connectivity index (χ3v) is 2.87. The molecular formula is C15H27N3O3. The molecule has 0 saturated heterocycles.